The Balaban J connectivity index is 2.41. The van der Waals surface area contributed by atoms with Crippen molar-refractivity contribution in [3.63, 3.8) is 0 Å². The summed E-state index contributed by atoms with van der Waals surface area (Å²) in [6.07, 6.45) is 0. The van der Waals surface area contributed by atoms with Gasteiger partial charge in [-0.2, -0.15) is 0 Å². The summed E-state index contributed by atoms with van der Waals surface area (Å²) in [5.74, 6) is 0. The lowest BCUT2D eigenvalue weighted by Gasteiger charge is -2.19. The molecule has 0 aromatic heterocycles. The maximum absolute atomic E-state index is 6.29. The van der Waals surface area contributed by atoms with Crippen molar-refractivity contribution in [1.29, 1.82) is 0 Å². The summed E-state index contributed by atoms with van der Waals surface area (Å²) in [7, 11) is 0. The van der Waals surface area contributed by atoms with Gasteiger partial charge in [-0.3, -0.25) is 0 Å². The molecule has 0 aliphatic heterocycles. The van der Waals surface area contributed by atoms with Crippen molar-refractivity contribution < 1.29 is 0 Å². The minimum atomic E-state index is 0.190. The molecular weight excluding hydrogens is 240 g/mol. The molecule has 0 amide bonds. The molecule has 2 aromatic carbocycles. The molecule has 2 aromatic rings. The number of aryl methyl sites for hydroxylation is 1. The van der Waals surface area contributed by atoms with Crippen molar-refractivity contribution >= 4 is 11.6 Å². The Bertz CT molecular complexity index is 545. The van der Waals surface area contributed by atoms with Gasteiger partial charge in [0.15, 0.2) is 0 Å². The highest BCUT2D eigenvalue weighted by Crippen LogP contribution is 2.30. The summed E-state index contributed by atoms with van der Waals surface area (Å²) < 4.78 is 0. The van der Waals surface area contributed by atoms with Crippen LogP contribution < -0.4 is 0 Å². The van der Waals surface area contributed by atoms with Crippen molar-refractivity contribution in [3.05, 3.63) is 58.6 Å². The Morgan fingerprint density at radius 1 is 0.889 bits per heavy atom. The monoisotopic (exact) mass is 258 g/mol. The molecule has 1 heteroatoms. The summed E-state index contributed by atoms with van der Waals surface area (Å²) in [6.45, 7) is 8.72. The van der Waals surface area contributed by atoms with Crippen LogP contribution in [-0.2, 0) is 5.41 Å². The van der Waals surface area contributed by atoms with Crippen LogP contribution in [0.5, 0.6) is 0 Å². The largest absolute Gasteiger partial charge is 0.0837 e. The molecule has 0 bridgehead atoms. The SMILES string of the molecule is Cc1ccc(-c2ccc(C(C)(C)C)cc2)c(Cl)c1. The zero-order valence-electron chi connectivity index (χ0n) is 11.4. The summed E-state index contributed by atoms with van der Waals surface area (Å²) in [6, 6.07) is 14.9. The average molecular weight is 259 g/mol. The van der Waals surface area contributed by atoms with E-state index in [2.05, 4.69) is 64.1 Å². The van der Waals surface area contributed by atoms with E-state index in [1.165, 1.54) is 16.7 Å². The van der Waals surface area contributed by atoms with Gasteiger partial charge in [-0.1, -0.05) is 68.8 Å². The highest BCUT2D eigenvalue weighted by molar-refractivity contribution is 6.33. The van der Waals surface area contributed by atoms with Crippen LogP contribution in [0.2, 0.25) is 5.02 Å². The van der Waals surface area contributed by atoms with Crippen LogP contribution in [0.15, 0.2) is 42.5 Å². The molecule has 0 unspecified atom stereocenters. The van der Waals surface area contributed by atoms with Gasteiger partial charge in [-0.05, 0) is 35.1 Å². The summed E-state index contributed by atoms with van der Waals surface area (Å²) >= 11 is 6.29. The highest BCUT2D eigenvalue weighted by Gasteiger charge is 2.13. The van der Waals surface area contributed by atoms with Gasteiger partial charge >= 0.3 is 0 Å². The van der Waals surface area contributed by atoms with Gasteiger partial charge in [0, 0.05) is 10.6 Å². The summed E-state index contributed by atoms with van der Waals surface area (Å²) in [5, 5.41) is 0.818. The average Bonchev–Trinajstić information content (AvgIpc) is 2.28. The molecule has 0 heterocycles. The lowest BCUT2D eigenvalue weighted by Crippen LogP contribution is -2.10. The fourth-order valence-electron chi connectivity index (χ4n) is 2.00. The normalized spacial score (nSPS) is 11.6. The molecule has 0 nitrogen and oxygen atoms in total. The molecule has 0 aliphatic rings. The fourth-order valence-corrected chi connectivity index (χ4v) is 2.35. The van der Waals surface area contributed by atoms with E-state index in [0.29, 0.717) is 0 Å². The third kappa shape index (κ3) is 2.76. The second-order valence-electron chi connectivity index (χ2n) is 5.81. The van der Waals surface area contributed by atoms with Gasteiger partial charge in [0.2, 0.25) is 0 Å². The molecule has 18 heavy (non-hydrogen) atoms. The Morgan fingerprint density at radius 3 is 2.00 bits per heavy atom. The number of hydrogen-bond donors (Lipinski definition) is 0. The van der Waals surface area contributed by atoms with E-state index in [-0.39, 0.29) is 5.41 Å². The smallest absolute Gasteiger partial charge is 0.0487 e. The zero-order valence-corrected chi connectivity index (χ0v) is 12.2. The van der Waals surface area contributed by atoms with Crippen molar-refractivity contribution in [2.45, 2.75) is 33.1 Å². The first-order valence-corrected chi connectivity index (χ1v) is 6.63. The third-order valence-electron chi connectivity index (χ3n) is 3.19. The first kappa shape index (κ1) is 13.2. The molecule has 0 fully saturated rings. The molecule has 0 N–H and O–H groups in total. The van der Waals surface area contributed by atoms with Crippen LogP contribution in [0.3, 0.4) is 0 Å². The van der Waals surface area contributed by atoms with E-state index in [0.717, 1.165) is 10.6 Å². The summed E-state index contributed by atoms with van der Waals surface area (Å²) in [5.41, 5.74) is 5.00. The van der Waals surface area contributed by atoms with Gasteiger partial charge in [-0.15, -0.1) is 0 Å². The maximum atomic E-state index is 6.29. The maximum Gasteiger partial charge on any atom is 0.0487 e. The topological polar surface area (TPSA) is 0 Å². The van der Waals surface area contributed by atoms with E-state index in [1.54, 1.807) is 0 Å². The molecule has 0 saturated heterocycles. The first-order chi connectivity index (χ1) is 8.38. The van der Waals surface area contributed by atoms with Gasteiger partial charge in [0.05, 0.1) is 0 Å². The molecule has 0 spiro atoms. The number of benzene rings is 2. The van der Waals surface area contributed by atoms with Crippen LogP contribution >= 0.6 is 11.6 Å². The first-order valence-electron chi connectivity index (χ1n) is 6.25. The van der Waals surface area contributed by atoms with E-state index < -0.39 is 0 Å². The Labute approximate surface area is 115 Å². The Hall–Kier alpha value is -1.27. The Morgan fingerprint density at radius 2 is 1.50 bits per heavy atom. The predicted octanol–water partition coefficient (Wildman–Crippen LogP) is 5.61. The van der Waals surface area contributed by atoms with Crippen molar-refractivity contribution in [2.75, 3.05) is 0 Å². The Kier molecular flexibility index (Phi) is 3.49. The van der Waals surface area contributed by atoms with E-state index >= 15 is 0 Å². The molecular formula is C17H19Cl. The molecule has 0 aliphatic carbocycles. The molecule has 0 radical (unpaired) electrons. The second-order valence-corrected chi connectivity index (χ2v) is 6.22. The van der Waals surface area contributed by atoms with Gasteiger partial charge in [-0.25, -0.2) is 0 Å². The highest BCUT2D eigenvalue weighted by atomic mass is 35.5. The molecule has 2 rings (SSSR count). The van der Waals surface area contributed by atoms with Gasteiger partial charge < -0.3 is 0 Å². The van der Waals surface area contributed by atoms with E-state index in [1.807, 2.05) is 6.07 Å². The number of rotatable bonds is 1. The second kappa shape index (κ2) is 4.78. The standard InChI is InChI=1S/C17H19Cl/c1-12-5-10-15(16(18)11-12)13-6-8-14(9-7-13)17(2,3)4/h5-11H,1-4H3. The van der Waals surface area contributed by atoms with Crippen molar-refractivity contribution in [2.24, 2.45) is 0 Å². The molecule has 94 valence electrons. The van der Waals surface area contributed by atoms with E-state index in [9.17, 15) is 0 Å². The lowest BCUT2D eigenvalue weighted by molar-refractivity contribution is 0.590. The van der Waals surface area contributed by atoms with Crippen LogP contribution in [0.4, 0.5) is 0 Å². The lowest BCUT2D eigenvalue weighted by atomic mass is 9.86. The minimum absolute atomic E-state index is 0.190. The molecule has 0 atom stereocenters. The van der Waals surface area contributed by atoms with Crippen LogP contribution in [0.25, 0.3) is 11.1 Å². The quantitative estimate of drug-likeness (QED) is 0.623. The number of halogens is 1. The zero-order chi connectivity index (χ0) is 13.3. The van der Waals surface area contributed by atoms with E-state index in [4.69, 9.17) is 11.6 Å². The van der Waals surface area contributed by atoms with Gasteiger partial charge in [0.25, 0.3) is 0 Å². The predicted molar refractivity (Wildman–Crippen MR) is 80.3 cm³/mol. The number of hydrogen-bond acceptors (Lipinski definition) is 0. The van der Waals surface area contributed by atoms with Crippen LogP contribution in [0, 0.1) is 6.92 Å². The summed E-state index contributed by atoms with van der Waals surface area (Å²) in [4.78, 5) is 0. The molecule has 0 saturated carbocycles. The fraction of sp³-hybridized carbons (Fsp3) is 0.294. The van der Waals surface area contributed by atoms with Crippen molar-refractivity contribution in [1.82, 2.24) is 0 Å². The van der Waals surface area contributed by atoms with Gasteiger partial charge in [0.1, 0.15) is 0 Å². The third-order valence-corrected chi connectivity index (χ3v) is 3.50. The van der Waals surface area contributed by atoms with Crippen LogP contribution in [0.1, 0.15) is 31.9 Å². The van der Waals surface area contributed by atoms with Crippen LogP contribution in [-0.4, -0.2) is 0 Å². The minimum Gasteiger partial charge on any atom is -0.0837 e. The van der Waals surface area contributed by atoms with Crippen molar-refractivity contribution in [3.8, 4) is 11.1 Å².